The molecule has 1 aromatic heterocycles. The maximum atomic E-state index is 9.55. The van der Waals surface area contributed by atoms with Gasteiger partial charge in [-0.1, -0.05) is 24.8 Å². The number of aliphatic hydroxyl groups excluding tert-OH is 1. The topological polar surface area (TPSA) is 39.3 Å². The molecule has 1 saturated heterocycles. The van der Waals surface area contributed by atoms with Crippen LogP contribution in [0.15, 0.2) is 37.0 Å². The van der Waals surface area contributed by atoms with Gasteiger partial charge in [0.1, 0.15) is 0 Å². The summed E-state index contributed by atoms with van der Waals surface area (Å²) >= 11 is 0. The summed E-state index contributed by atoms with van der Waals surface area (Å²) in [4.78, 5) is 5.55. The van der Waals surface area contributed by atoms with Crippen LogP contribution in [0.4, 0.5) is 0 Å². The van der Waals surface area contributed by atoms with Gasteiger partial charge in [0.2, 0.25) is 0 Å². The Morgan fingerprint density at radius 1 is 1.28 bits per heavy atom. The molecule has 0 bridgehead atoms. The maximum absolute atomic E-state index is 9.55. The molecule has 2 heterocycles. The zero-order valence-electron chi connectivity index (χ0n) is 10.4. The van der Waals surface area contributed by atoms with E-state index < -0.39 is 0 Å². The number of hydrogen-bond acceptors (Lipinski definition) is 2. The molecule has 94 valence electrons. The molecule has 0 unspecified atom stereocenters. The minimum Gasteiger partial charge on any atom is -0.393 e. The van der Waals surface area contributed by atoms with Gasteiger partial charge in [-0.25, -0.2) is 0 Å². The van der Waals surface area contributed by atoms with Gasteiger partial charge in [-0.05, 0) is 18.9 Å². The number of H-pyrrole nitrogens is 1. The third-order valence-electron chi connectivity index (χ3n) is 3.75. The quantitative estimate of drug-likeness (QED) is 0.849. The number of para-hydroxylation sites is 1. The summed E-state index contributed by atoms with van der Waals surface area (Å²) in [6.45, 7) is 6.00. The van der Waals surface area contributed by atoms with Crippen LogP contribution >= 0.6 is 0 Å². The van der Waals surface area contributed by atoms with E-state index in [0.717, 1.165) is 37.1 Å². The molecule has 1 aliphatic rings. The molecule has 0 spiro atoms. The first-order valence-electron chi connectivity index (χ1n) is 6.44. The number of hydrogen-bond donors (Lipinski definition) is 2. The van der Waals surface area contributed by atoms with Crippen LogP contribution in [0.3, 0.4) is 0 Å². The first-order chi connectivity index (χ1) is 8.75. The summed E-state index contributed by atoms with van der Waals surface area (Å²) in [5.41, 5.74) is 3.37. The van der Waals surface area contributed by atoms with Gasteiger partial charge in [0.05, 0.1) is 6.10 Å². The first kappa shape index (κ1) is 11.4. The monoisotopic (exact) mass is 242 g/mol. The minimum atomic E-state index is -0.142. The predicted octanol–water partition coefficient (Wildman–Crippen LogP) is 2.60. The summed E-state index contributed by atoms with van der Waals surface area (Å²) in [6, 6.07) is 8.27. The van der Waals surface area contributed by atoms with Crippen molar-refractivity contribution in [1.82, 2.24) is 9.88 Å². The van der Waals surface area contributed by atoms with E-state index in [1.165, 1.54) is 10.9 Å². The van der Waals surface area contributed by atoms with E-state index in [2.05, 4.69) is 28.6 Å². The van der Waals surface area contributed by atoms with Gasteiger partial charge in [0.15, 0.2) is 0 Å². The van der Waals surface area contributed by atoms with Crippen LogP contribution in [0.5, 0.6) is 0 Å². The van der Waals surface area contributed by atoms with Crippen LogP contribution in [0.1, 0.15) is 18.4 Å². The smallest absolute Gasteiger partial charge is 0.0574 e. The van der Waals surface area contributed by atoms with E-state index in [0.29, 0.717) is 0 Å². The van der Waals surface area contributed by atoms with Crippen LogP contribution in [0.25, 0.3) is 16.6 Å². The van der Waals surface area contributed by atoms with E-state index in [4.69, 9.17) is 0 Å². The Kier molecular flexibility index (Phi) is 2.84. The Bertz CT molecular complexity index is 565. The van der Waals surface area contributed by atoms with E-state index in [1.54, 1.807) is 0 Å². The maximum Gasteiger partial charge on any atom is 0.0574 e. The Morgan fingerprint density at radius 2 is 2.00 bits per heavy atom. The number of aliphatic hydroxyl groups is 1. The predicted molar refractivity (Wildman–Crippen MR) is 74.1 cm³/mol. The molecular formula is C15H18N2O. The molecule has 18 heavy (non-hydrogen) atoms. The van der Waals surface area contributed by atoms with Crippen LogP contribution < -0.4 is 0 Å². The lowest BCUT2D eigenvalue weighted by Crippen LogP contribution is -2.34. The summed E-state index contributed by atoms with van der Waals surface area (Å²) in [5.74, 6) is 0. The number of nitrogens with zero attached hydrogens (tertiary/aromatic N) is 1. The summed E-state index contributed by atoms with van der Waals surface area (Å²) in [7, 11) is 0. The fourth-order valence-corrected chi connectivity index (χ4v) is 2.62. The normalized spacial score (nSPS) is 17.3. The highest BCUT2D eigenvalue weighted by Gasteiger charge is 2.19. The van der Waals surface area contributed by atoms with Gasteiger partial charge in [0, 0.05) is 41.4 Å². The molecule has 3 heteroatoms. The van der Waals surface area contributed by atoms with Gasteiger partial charge in [-0.3, -0.25) is 0 Å². The molecule has 0 atom stereocenters. The average molecular weight is 242 g/mol. The number of benzene rings is 1. The second-order valence-electron chi connectivity index (χ2n) is 4.91. The van der Waals surface area contributed by atoms with Crippen LogP contribution in [-0.2, 0) is 0 Å². The number of rotatable bonds is 2. The van der Waals surface area contributed by atoms with Crippen molar-refractivity contribution in [1.29, 1.82) is 0 Å². The van der Waals surface area contributed by atoms with Crippen molar-refractivity contribution < 1.29 is 5.11 Å². The first-order valence-corrected chi connectivity index (χ1v) is 6.44. The summed E-state index contributed by atoms with van der Waals surface area (Å²) < 4.78 is 0. The lowest BCUT2D eigenvalue weighted by atomic mass is 10.0. The SMILES string of the molecule is C=C(c1c[nH]c2ccccc12)N1CCC(O)CC1. The molecular weight excluding hydrogens is 224 g/mol. The van der Waals surface area contributed by atoms with Gasteiger partial charge < -0.3 is 15.0 Å². The highest BCUT2D eigenvalue weighted by molar-refractivity contribution is 5.91. The van der Waals surface area contributed by atoms with Crippen molar-refractivity contribution in [2.75, 3.05) is 13.1 Å². The third kappa shape index (κ3) is 1.91. The van der Waals surface area contributed by atoms with Gasteiger partial charge in [0.25, 0.3) is 0 Å². The lowest BCUT2D eigenvalue weighted by Gasteiger charge is -2.32. The van der Waals surface area contributed by atoms with Crippen molar-refractivity contribution in [3.63, 3.8) is 0 Å². The van der Waals surface area contributed by atoms with E-state index in [1.807, 2.05) is 18.3 Å². The zero-order valence-corrected chi connectivity index (χ0v) is 10.4. The van der Waals surface area contributed by atoms with Crippen molar-refractivity contribution >= 4 is 16.6 Å². The van der Waals surface area contributed by atoms with E-state index in [-0.39, 0.29) is 6.10 Å². The van der Waals surface area contributed by atoms with Gasteiger partial charge >= 0.3 is 0 Å². The molecule has 0 radical (unpaired) electrons. The fraction of sp³-hybridized carbons (Fsp3) is 0.333. The van der Waals surface area contributed by atoms with E-state index >= 15 is 0 Å². The van der Waals surface area contributed by atoms with Crippen LogP contribution in [0.2, 0.25) is 0 Å². The Morgan fingerprint density at radius 3 is 2.78 bits per heavy atom. The summed E-state index contributed by atoms with van der Waals surface area (Å²) in [6.07, 6.45) is 3.55. The molecule has 2 N–H and O–H groups in total. The van der Waals surface area contributed by atoms with Crippen LogP contribution in [0, 0.1) is 0 Å². The second kappa shape index (κ2) is 4.50. The second-order valence-corrected chi connectivity index (χ2v) is 4.91. The highest BCUT2D eigenvalue weighted by atomic mass is 16.3. The van der Waals surface area contributed by atoms with Crippen molar-refractivity contribution in [2.45, 2.75) is 18.9 Å². The number of aromatic nitrogens is 1. The molecule has 0 saturated carbocycles. The number of fused-ring (bicyclic) bond motifs is 1. The van der Waals surface area contributed by atoms with Crippen LogP contribution in [-0.4, -0.2) is 34.2 Å². The molecule has 0 amide bonds. The molecule has 1 aliphatic heterocycles. The zero-order chi connectivity index (χ0) is 12.5. The number of aromatic amines is 1. The van der Waals surface area contributed by atoms with E-state index in [9.17, 15) is 5.11 Å². The molecule has 1 aromatic carbocycles. The molecule has 1 fully saturated rings. The number of nitrogens with one attached hydrogen (secondary N) is 1. The lowest BCUT2D eigenvalue weighted by molar-refractivity contribution is 0.106. The highest BCUT2D eigenvalue weighted by Crippen LogP contribution is 2.28. The van der Waals surface area contributed by atoms with Gasteiger partial charge in [-0.15, -0.1) is 0 Å². The molecule has 3 nitrogen and oxygen atoms in total. The number of piperidine rings is 1. The molecule has 2 aromatic rings. The average Bonchev–Trinajstić information content (AvgIpc) is 2.82. The van der Waals surface area contributed by atoms with Gasteiger partial charge in [-0.2, -0.15) is 0 Å². The Hall–Kier alpha value is -1.74. The summed E-state index contributed by atoms with van der Waals surface area (Å²) in [5, 5.41) is 10.8. The van der Waals surface area contributed by atoms with Crippen molar-refractivity contribution in [2.24, 2.45) is 0 Å². The third-order valence-corrected chi connectivity index (χ3v) is 3.75. The Balaban J connectivity index is 1.88. The largest absolute Gasteiger partial charge is 0.393 e. The van der Waals surface area contributed by atoms with Crippen molar-refractivity contribution in [3.05, 3.63) is 42.6 Å². The standard InChI is InChI=1S/C15H18N2O/c1-11(17-8-6-12(18)7-9-17)14-10-16-15-5-3-2-4-13(14)15/h2-5,10,12,16,18H,1,6-9H2. The minimum absolute atomic E-state index is 0.142. The molecule has 3 rings (SSSR count). The fourth-order valence-electron chi connectivity index (χ4n) is 2.62. The Labute approximate surface area is 107 Å². The van der Waals surface area contributed by atoms with Crippen molar-refractivity contribution in [3.8, 4) is 0 Å². The molecule has 0 aliphatic carbocycles. The number of likely N-dealkylation sites (tertiary alicyclic amines) is 1.